The summed E-state index contributed by atoms with van der Waals surface area (Å²) in [6, 6.07) is 5.86. The van der Waals surface area contributed by atoms with Crippen LogP contribution in [0.1, 0.15) is 24.0 Å². The van der Waals surface area contributed by atoms with Crippen molar-refractivity contribution in [2.45, 2.75) is 26.7 Å². The molecule has 0 aliphatic heterocycles. The molecule has 2 rings (SSSR count). The number of hydrogen-bond acceptors (Lipinski definition) is 3. The van der Waals surface area contributed by atoms with Crippen molar-refractivity contribution in [3.63, 3.8) is 0 Å². The first-order valence-corrected chi connectivity index (χ1v) is 7.13. The summed E-state index contributed by atoms with van der Waals surface area (Å²) < 4.78 is 0. The molecule has 4 heteroatoms. The monoisotopic (exact) mass is 286 g/mol. The van der Waals surface area contributed by atoms with Crippen molar-refractivity contribution in [1.29, 1.82) is 0 Å². The first-order valence-electron chi connectivity index (χ1n) is 7.13. The third kappa shape index (κ3) is 3.32. The number of nitrogens with zero attached hydrogens (tertiary/aromatic N) is 1. The van der Waals surface area contributed by atoms with Gasteiger partial charge in [-0.05, 0) is 44.4 Å². The lowest BCUT2D eigenvalue weighted by Gasteiger charge is -2.15. The van der Waals surface area contributed by atoms with Crippen molar-refractivity contribution in [1.82, 2.24) is 4.90 Å². The Balaban J connectivity index is 2.11. The van der Waals surface area contributed by atoms with Gasteiger partial charge in [-0.25, -0.2) is 0 Å². The zero-order valence-corrected chi connectivity index (χ0v) is 13.1. The molecule has 1 aromatic rings. The maximum absolute atomic E-state index is 12.4. The molecule has 1 aromatic carbocycles. The highest BCUT2D eigenvalue weighted by atomic mass is 16.2. The van der Waals surface area contributed by atoms with E-state index in [9.17, 15) is 9.59 Å². The van der Waals surface area contributed by atoms with Crippen LogP contribution in [-0.2, 0) is 9.59 Å². The van der Waals surface area contributed by atoms with Crippen molar-refractivity contribution in [3.05, 3.63) is 41.6 Å². The number of nitrogens with one attached hydrogen (secondary N) is 1. The molecule has 0 radical (unpaired) electrons. The Kier molecular flexibility index (Phi) is 4.16. The van der Waals surface area contributed by atoms with Gasteiger partial charge in [-0.15, -0.1) is 0 Å². The molecule has 112 valence electrons. The standard InChI is InChI=1S/C17H22N2O2/c1-12-5-6-14(13(2)11-12)18-16(21)17(8-9-17)15(20)7-10-19(3)4/h5-7,10-11H,8-9H2,1-4H3,(H,18,21). The molecule has 1 aliphatic rings. The number of rotatable bonds is 5. The van der Waals surface area contributed by atoms with Crippen molar-refractivity contribution < 1.29 is 9.59 Å². The number of benzene rings is 1. The molecule has 1 amide bonds. The van der Waals surface area contributed by atoms with E-state index in [-0.39, 0.29) is 11.7 Å². The maximum Gasteiger partial charge on any atom is 0.238 e. The molecular formula is C17H22N2O2. The van der Waals surface area contributed by atoms with E-state index in [4.69, 9.17) is 0 Å². The van der Waals surface area contributed by atoms with E-state index in [2.05, 4.69) is 5.32 Å². The molecule has 0 atom stereocenters. The van der Waals surface area contributed by atoms with Gasteiger partial charge in [0.1, 0.15) is 5.41 Å². The summed E-state index contributed by atoms with van der Waals surface area (Å²) >= 11 is 0. The Morgan fingerprint density at radius 3 is 2.43 bits per heavy atom. The fourth-order valence-corrected chi connectivity index (χ4v) is 2.28. The largest absolute Gasteiger partial charge is 0.383 e. The number of amides is 1. The molecule has 0 aromatic heterocycles. The van der Waals surface area contributed by atoms with Gasteiger partial charge in [-0.2, -0.15) is 0 Å². The molecule has 1 aliphatic carbocycles. The minimum absolute atomic E-state index is 0.113. The summed E-state index contributed by atoms with van der Waals surface area (Å²) in [6.07, 6.45) is 4.43. The fraction of sp³-hybridized carbons (Fsp3) is 0.412. The Bertz CT molecular complexity index is 599. The number of carbonyl (C=O) groups excluding carboxylic acids is 2. The van der Waals surface area contributed by atoms with Crippen molar-refractivity contribution in [2.75, 3.05) is 19.4 Å². The lowest BCUT2D eigenvalue weighted by atomic mass is 9.99. The van der Waals surface area contributed by atoms with Crippen LogP contribution < -0.4 is 5.32 Å². The second-order valence-corrected chi connectivity index (χ2v) is 6.00. The van der Waals surface area contributed by atoms with Gasteiger partial charge in [0.05, 0.1) is 0 Å². The van der Waals surface area contributed by atoms with Gasteiger partial charge in [0.25, 0.3) is 0 Å². The average molecular weight is 286 g/mol. The molecule has 0 spiro atoms. The minimum Gasteiger partial charge on any atom is -0.383 e. The lowest BCUT2D eigenvalue weighted by molar-refractivity contribution is -0.130. The van der Waals surface area contributed by atoms with Gasteiger partial charge in [-0.3, -0.25) is 9.59 Å². The van der Waals surface area contributed by atoms with E-state index in [1.165, 1.54) is 6.08 Å². The minimum atomic E-state index is -0.857. The van der Waals surface area contributed by atoms with Crippen LogP contribution in [0.4, 0.5) is 5.69 Å². The first-order chi connectivity index (χ1) is 9.85. The van der Waals surface area contributed by atoms with Gasteiger partial charge < -0.3 is 10.2 Å². The topological polar surface area (TPSA) is 49.4 Å². The summed E-state index contributed by atoms with van der Waals surface area (Å²) in [6.45, 7) is 3.96. The summed E-state index contributed by atoms with van der Waals surface area (Å²) in [5, 5.41) is 2.90. The van der Waals surface area contributed by atoms with Crippen LogP contribution in [0.25, 0.3) is 0 Å². The predicted molar refractivity (Wildman–Crippen MR) is 84.0 cm³/mol. The fourth-order valence-electron chi connectivity index (χ4n) is 2.28. The predicted octanol–water partition coefficient (Wildman–Crippen LogP) is 2.67. The molecule has 0 unspecified atom stereocenters. The van der Waals surface area contributed by atoms with E-state index in [0.717, 1.165) is 16.8 Å². The lowest BCUT2D eigenvalue weighted by Crippen LogP contribution is -2.31. The second-order valence-electron chi connectivity index (χ2n) is 6.00. The summed E-state index contributed by atoms with van der Waals surface area (Å²) in [7, 11) is 3.69. The number of ketones is 1. The van der Waals surface area contributed by atoms with E-state index < -0.39 is 5.41 Å². The van der Waals surface area contributed by atoms with Crippen LogP contribution in [-0.4, -0.2) is 30.7 Å². The highest BCUT2D eigenvalue weighted by Crippen LogP contribution is 2.47. The number of anilines is 1. The average Bonchev–Trinajstić information content (AvgIpc) is 3.20. The van der Waals surface area contributed by atoms with Crippen LogP contribution in [0.2, 0.25) is 0 Å². The quantitative estimate of drug-likeness (QED) is 0.669. The van der Waals surface area contributed by atoms with Gasteiger partial charge in [0.2, 0.25) is 5.91 Å². The second kappa shape index (κ2) is 5.72. The highest BCUT2D eigenvalue weighted by Gasteiger charge is 2.55. The summed E-state index contributed by atoms with van der Waals surface area (Å²) in [5.41, 5.74) is 2.08. The molecular weight excluding hydrogens is 264 g/mol. The van der Waals surface area contributed by atoms with Crippen molar-refractivity contribution >= 4 is 17.4 Å². The highest BCUT2D eigenvalue weighted by molar-refractivity contribution is 6.17. The summed E-state index contributed by atoms with van der Waals surface area (Å²) in [5.74, 6) is -0.304. The van der Waals surface area contributed by atoms with Crippen LogP contribution in [0, 0.1) is 19.3 Å². The molecule has 21 heavy (non-hydrogen) atoms. The normalized spacial score (nSPS) is 15.8. The van der Waals surface area contributed by atoms with Crippen LogP contribution in [0.3, 0.4) is 0 Å². The Morgan fingerprint density at radius 2 is 1.90 bits per heavy atom. The van der Waals surface area contributed by atoms with Crippen LogP contribution >= 0.6 is 0 Å². The smallest absolute Gasteiger partial charge is 0.238 e. The van der Waals surface area contributed by atoms with E-state index in [1.807, 2.05) is 46.1 Å². The molecule has 1 fully saturated rings. The Morgan fingerprint density at radius 1 is 1.24 bits per heavy atom. The number of aryl methyl sites for hydroxylation is 2. The number of hydrogen-bond donors (Lipinski definition) is 1. The van der Waals surface area contributed by atoms with E-state index in [1.54, 1.807) is 11.1 Å². The molecule has 0 bridgehead atoms. The molecule has 0 saturated heterocycles. The number of carbonyl (C=O) groups is 2. The Labute approximate surface area is 125 Å². The Hall–Kier alpha value is -2.10. The van der Waals surface area contributed by atoms with Gasteiger partial charge in [-0.1, -0.05) is 17.7 Å². The zero-order chi connectivity index (χ0) is 15.6. The van der Waals surface area contributed by atoms with E-state index >= 15 is 0 Å². The van der Waals surface area contributed by atoms with Crippen molar-refractivity contribution in [2.24, 2.45) is 5.41 Å². The summed E-state index contributed by atoms with van der Waals surface area (Å²) in [4.78, 5) is 26.5. The van der Waals surface area contributed by atoms with Gasteiger partial charge in [0.15, 0.2) is 5.78 Å². The molecule has 1 N–H and O–H groups in total. The first kappa shape index (κ1) is 15.3. The van der Waals surface area contributed by atoms with Crippen molar-refractivity contribution in [3.8, 4) is 0 Å². The SMILES string of the molecule is Cc1ccc(NC(=O)C2(C(=O)C=CN(C)C)CC2)c(C)c1. The zero-order valence-electron chi connectivity index (χ0n) is 13.1. The van der Waals surface area contributed by atoms with Gasteiger partial charge in [0, 0.05) is 26.0 Å². The molecule has 1 saturated carbocycles. The molecule has 4 nitrogen and oxygen atoms in total. The van der Waals surface area contributed by atoms with E-state index in [0.29, 0.717) is 12.8 Å². The third-order valence-electron chi connectivity index (χ3n) is 3.81. The number of allylic oxidation sites excluding steroid dienone is 1. The van der Waals surface area contributed by atoms with Crippen LogP contribution in [0.5, 0.6) is 0 Å². The van der Waals surface area contributed by atoms with Gasteiger partial charge >= 0.3 is 0 Å². The third-order valence-corrected chi connectivity index (χ3v) is 3.81. The maximum atomic E-state index is 12.4. The molecule has 0 heterocycles. The van der Waals surface area contributed by atoms with Crippen LogP contribution in [0.15, 0.2) is 30.5 Å².